The fourth-order valence-corrected chi connectivity index (χ4v) is 1.67. The molecule has 0 amide bonds. The average molecular weight is 299 g/mol. The van der Waals surface area contributed by atoms with Gasteiger partial charge in [0.25, 0.3) is 0 Å². The predicted molar refractivity (Wildman–Crippen MR) is 67.4 cm³/mol. The van der Waals surface area contributed by atoms with Crippen LogP contribution in [0, 0.1) is 10.1 Å². The number of alkyl halides is 3. The number of aromatic nitrogens is 1. The summed E-state index contributed by atoms with van der Waals surface area (Å²) in [4.78, 5) is 13.8. The topological polar surface area (TPSA) is 91.3 Å². The summed E-state index contributed by atoms with van der Waals surface area (Å²) in [6.07, 6.45) is -2.49. The van der Waals surface area contributed by atoms with Crippen LogP contribution >= 0.6 is 0 Å². The molecule has 0 fully saturated rings. The van der Waals surface area contributed by atoms with E-state index < -0.39 is 17.0 Å². The van der Waals surface area contributed by atoms with Gasteiger partial charge < -0.3 is 10.5 Å². The lowest BCUT2D eigenvalue weighted by Gasteiger charge is -2.10. The van der Waals surface area contributed by atoms with E-state index in [4.69, 9.17) is 5.73 Å². The van der Waals surface area contributed by atoms with Crippen molar-refractivity contribution in [2.24, 2.45) is 0 Å². The van der Waals surface area contributed by atoms with Gasteiger partial charge in [-0.3, -0.25) is 15.1 Å². The Hall–Kier alpha value is -2.84. The van der Waals surface area contributed by atoms with Crippen LogP contribution in [0.5, 0.6) is 5.75 Å². The van der Waals surface area contributed by atoms with E-state index in [-0.39, 0.29) is 16.9 Å². The Balaban J connectivity index is 2.35. The average Bonchev–Trinajstić information content (AvgIpc) is 2.38. The molecule has 0 spiro atoms. The summed E-state index contributed by atoms with van der Waals surface area (Å²) in [6, 6.07) is 4.78. The molecule has 110 valence electrons. The third-order valence-corrected chi connectivity index (χ3v) is 2.56. The van der Waals surface area contributed by atoms with Crippen molar-refractivity contribution in [3.63, 3.8) is 0 Å². The first kappa shape index (κ1) is 14.6. The van der Waals surface area contributed by atoms with Crippen molar-refractivity contribution in [3.8, 4) is 16.9 Å². The molecule has 9 heteroatoms. The number of benzene rings is 1. The highest BCUT2D eigenvalue weighted by Gasteiger charge is 2.31. The van der Waals surface area contributed by atoms with Gasteiger partial charge in [-0.25, -0.2) is 0 Å². The van der Waals surface area contributed by atoms with Crippen molar-refractivity contribution in [2.45, 2.75) is 6.36 Å². The molecule has 21 heavy (non-hydrogen) atoms. The van der Waals surface area contributed by atoms with Crippen LogP contribution in [-0.4, -0.2) is 16.3 Å². The zero-order valence-electron chi connectivity index (χ0n) is 10.3. The lowest BCUT2D eigenvalue weighted by atomic mass is 10.1. The third kappa shape index (κ3) is 3.38. The van der Waals surface area contributed by atoms with E-state index in [9.17, 15) is 23.3 Å². The molecule has 0 saturated heterocycles. The number of ether oxygens (including phenoxy) is 1. The molecule has 0 aliphatic heterocycles. The van der Waals surface area contributed by atoms with Crippen molar-refractivity contribution >= 4 is 11.4 Å². The molecule has 1 aromatic heterocycles. The Bertz CT molecular complexity index is 672. The Morgan fingerprint density at radius 1 is 1.19 bits per heavy atom. The molecule has 0 unspecified atom stereocenters. The zero-order chi connectivity index (χ0) is 15.6. The van der Waals surface area contributed by atoms with Crippen LogP contribution < -0.4 is 10.5 Å². The third-order valence-electron chi connectivity index (χ3n) is 2.56. The summed E-state index contributed by atoms with van der Waals surface area (Å²) in [5, 5.41) is 10.8. The summed E-state index contributed by atoms with van der Waals surface area (Å²) in [6.45, 7) is 0. The Labute approximate surface area is 116 Å². The molecule has 2 N–H and O–H groups in total. The molecule has 1 aromatic carbocycles. The van der Waals surface area contributed by atoms with Crippen LogP contribution in [0.4, 0.5) is 24.5 Å². The van der Waals surface area contributed by atoms with Crippen molar-refractivity contribution in [2.75, 3.05) is 5.73 Å². The van der Waals surface area contributed by atoms with Crippen LogP contribution in [0.15, 0.2) is 36.7 Å². The Kier molecular flexibility index (Phi) is 3.66. The van der Waals surface area contributed by atoms with Gasteiger partial charge in [0, 0.05) is 11.8 Å². The number of nitrogens with zero attached hydrogens (tertiary/aromatic N) is 2. The molecule has 0 radical (unpaired) electrons. The van der Waals surface area contributed by atoms with Gasteiger partial charge in [-0.05, 0) is 17.7 Å². The smallest absolute Gasteiger partial charge is 0.406 e. The molecular formula is C12H8F3N3O3. The van der Waals surface area contributed by atoms with Crippen LogP contribution in [0.1, 0.15) is 0 Å². The quantitative estimate of drug-likeness (QED) is 0.694. The Morgan fingerprint density at radius 2 is 1.81 bits per heavy atom. The fraction of sp³-hybridized carbons (Fsp3) is 0.0833. The van der Waals surface area contributed by atoms with Crippen molar-refractivity contribution in [1.82, 2.24) is 4.98 Å². The first-order chi connectivity index (χ1) is 9.78. The first-order valence-electron chi connectivity index (χ1n) is 5.52. The molecule has 2 rings (SSSR count). The maximum atomic E-state index is 12.0. The van der Waals surface area contributed by atoms with Gasteiger partial charge in [0.15, 0.2) is 0 Å². The maximum Gasteiger partial charge on any atom is 0.573 e. The summed E-state index contributed by atoms with van der Waals surface area (Å²) >= 11 is 0. The zero-order valence-corrected chi connectivity index (χ0v) is 10.3. The number of rotatable bonds is 3. The molecule has 6 nitrogen and oxygen atoms in total. The number of hydrogen-bond donors (Lipinski definition) is 1. The van der Waals surface area contributed by atoms with Crippen molar-refractivity contribution in [1.29, 1.82) is 0 Å². The molecule has 1 heterocycles. The van der Waals surface area contributed by atoms with Crippen LogP contribution in [0.2, 0.25) is 0 Å². The molecular weight excluding hydrogens is 291 g/mol. The largest absolute Gasteiger partial charge is 0.573 e. The summed E-state index contributed by atoms with van der Waals surface area (Å²) in [5.74, 6) is -0.400. The van der Waals surface area contributed by atoms with Gasteiger partial charge in [-0.1, -0.05) is 12.1 Å². The maximum absolute atomic E-state index is 12.0. The standard InChI is InChI=1S/C12H8F3N3O3/c13-12(14,15)21-8-3-1-7(2-4-8)9-5-17-6-10(11(9)16)18(19)20/h1-6H,(H2,16,17). The van der Waals surface area contributed by atoms with E-state index in [1.54, 1.807) is 0 Å². The second-order valence-corrected chi connectivity index (χ2v) is 3.95. The minimum atomic E-state index is -4.78. The molecule has 0 saturated carbocycles. The predicted octanol–water partition coefficient (Wildman–Crippen LogP) is 3.14. The van der Waals surface area contributed by atoms with E-state index in [0.29, 0.717) is 5.56 Å². The van der Waals surface area contributed by atoms with Gasteiger partial charge >= 0.3 is 12.0 Å². The number of halogens is 3. The van der Waals surface area contributed by atoms with Crippen LogP contribution in [0.3, 0.4) is 0 Å². The minimum Gasteiger partial charge on any atom is -0.406 e. The minimum absolute atomic E-state index is 0.112. The van der Waals surface area contributed by atoms with E-state index in [1.165, 1.54) is 18.3 Å². The van der Waals surface area contributed by atoms with Crippen molar-refractivity contribution in [3.05, 3.63) is 46.8 Å². The first-order valence-corrected chi connectivity index (χ1v) is 5.52. The van der Waals surface area contributed by atoms with Crippen molar-refractivity contribution < 1.29 is 22.8 Å². The molecule has 0 bridgehead atoms. The monoisotopic (exact) mass is 299 g/mol. The highest BCUT2D eigenvalue weighted by molar-refractivity contribution is 5.81. The van der Waals surface area contributed by atoms with Gasteiger partial charge in [0.05, 0.1) is 4.92 Å². The second kappa shape index (κ2) is 5.27. The van der Waals surface area contributed by atoms with E-state index in [2.05, 4.69) is 9.72 Å². The number of nitrogens with two attached hydrogens (primary N) is 1. The SMILES string of the molecule is Nc1c(-c2ccc(OC(F)(F)F)cc2)cncc1[N+](=O)[O-]. The van der Waals surface area contributed by atoms with E-state index in [0.717, 1.165) is 18.3 Å². The second-order valence-electron chi connectivity index (χ2n) is 3.95. The van der Waals surface area contributed by atoms with E-state index in [1.807, 2.05) is 0 Å². The van der Waals surface area contributed by atoms with Crippen LogP contribution in [0.25, 0.3) is 11.1 Å². The summed E-state index contributed by atoms with van der Waals surface area (Å²) in [5.41, 5.74) is 5.82. The van der Waals surface area contributed by atoms with E-state index >= 15 is 0 Å². The number of nitro groups is 1. The highest BCUT2D eigenvalue weighted by atomic mass is 19.4. The summed E-state index contributed by atoms with van der Waals surface area (Å²) in [7, 11) is 0. The fourth-order valence-electron chi connectivity index (χ4n) is 1.67. The number of nitrogen functional groups attached to an aromatic ring is 1. The highest BCUT2D eigenvalue weighted by Crippen LogP contribution is 2.33. The van der Waals surface area contributed by atoms with Gasteiger partial charge in [-0.2, -0.15) is 0 Å². The van der Waals surface area contributed by atoms with Gasteiger partial charge in [0.1, 0.15) is 17.6 Å². The molecule has 0 aliphatic carbocycles. The lowest BCUT2D eigenvalue weighted by Crippen LogP contribution is -2.16. The number of hydrogen-bond acceptors (Lipinski definition) is 5. The number of pyridine rings is 1. The molecule has 0 atom stereocenters. The van der Waals surface area contributed by atoms with Gasteiger partial charge in [0.2, 0.25) is 0 Å². The summed E-state index contributed by atoms with van der Waals surface area (Å²) < 4.78 is 39.9. The lowest BCUT2D eigenvalue weighted by molar-refractivity contribution is -0.384. The Morgan fingerprint density at radius 3 is 2.33 bits per heavy atom. The normalized spacial score (nSPS) is 11.2. The van der Waals surface area contributed by atoms with Gasteiger partial charge in [-0.15, -0.1) is 13.2 Å². The number of anilines is 1. The molecule has 2 aromatic rings. The van der Waals surface area contributed by atoms with Crippen LogP contribution in [-0.2, 0) is 0 Å². The molecule has 0 aliphatic rings.